The lowest BCUT2D eigenvalue weighted by atomic mass is 9.84. The van der Waals surface area contributed by atoms with E-state index < -0.39 is 23.8 Å². The highest BCUT2D eigenvalue weighted by Gasteiger charge is 2.39. The second kappa shape index (κ2) is 12.1. The normalized spacial score (nSPS) is 20.3. The van der Waals surface area contributed by atoms with Crippen LogP contribution in [0, 0.1) is 19.8 Å². The molecule has 15 heteroatoms. The molecule has 0 radical (unpaired) electrons. The van der Waals surface area contributed by atoms with Gasteiger partial charge in [-0.05, 0) is 31.4 Å². The molecule has 0 aromatic carbocycles. The zero-order valence-corrected chi connectivity index (χ0v) is 23.6. The third-order valence-electron chi connectivity index (χ3n) is 6.84. The van der Waals surface area contributed by atoms with Crippen LogP contribution in [0.1, 0.15) is 60.0 Å². The van der Waals surface area contributed by atoms with Crippen molar-refractivity contribution in [2.45, 2.75) is 58.7 Å². The second-order valence-electron chi connectivity index (χ2n) is 9.78. The van der Waals surface area contributed by atoms with Gasteiger partial charge in [0, 0.05) is 49.4 Å². The van der Waals surface area contributed by atoms with Gasteiger partial charge >= 0.3 is 12.2 Å². The van der Waals surface area contributed by atoms with Gasteiger partial charge in [-0.15, -0.1) is 21.5 Å². The van der Waals surface area contributed by atoms with Gasteiger partial charge in [-0.2, -0.15) is 13.2 Å². The van der Waals surface area contributed by atoms with Gasteiger partial charge in [0.2, 0.25) is 11.8 Å². The Labute approximate surface area is 238 Å². The summed E-state index contributed by atoms with van der Waals surface area (Å²) in [4.78, 5) is 25.5. The molecule has 5 heterocycles. The van der Waals surface area contributed by atoms with Gasteiger partial charge in [-0.1, -0.05) is 0 Å². The van der Waals surface area contributed by atoms with Crippen LogP contribution in [-0.2, 0) is 15.7 Å². The summed E-state index contributed by atoms with van der Waals surface area (Å²) in [6.07, 6.45) is -1.27. The number of halogens is 3. The fourth-order valence-corrected chi connectivity index (χ4v) is 5.88. The number of carbonyl (C=O) groups excluding carboxylic acids is 1. The molecule has 2 aromatic rings. The predicted molar refractivity (Wildman–Crippen MR) is 145 cm³/mol. The monoisotopic (exact) mass is 593 g/mol. The van der Waals surface area contributed by atoms with Crippen molar-refractivity contribution in [3.8, 4) is 0 Å². The zero-order chi connectivity index (χ0) is 29.1. The Morgan fingerprint density at radius 3 is 2.66 bits per heavy atom. The average Bonchev–Trinajstić information content (AvgIpc) is 3.55. The van der Waals surface area contributed by atoms with E-state index in [1.54, 1.807) is 20.0 Å². The highest BCUT2D eigenvalue weighted by Crippen LogP contribution is 2.42. The van der Waals surface area contributed by atoms with Gasteiger partial charge in [0.1, 0.15) is 16.9 Å². The van der Waals surface area contributed by atoms with Crippen molar-refractivity contribution >= 4 is 40.2 Å². The molecular weight excluding hydrogens is 563 g/mol. The van der Waals surface area contributed by atoms with Crippen molar-refractivity contribution in [3.63, 3.8) is 0 Å². The van der Waals surface area contributed by atoms with Crippen LogP contribution in [0.2, 0.25) is 0 Å². The number of aliphatic imine (C=N–C) groups is 2. The lowest BCUT2D eigenvalue weighted by molar-refractivity contribution is -0.141. The first-order chi connectivity index (χ1) is 19.6. The van der Waals surface area contributed by atoms with Gasteiger partial charge in [-0.3, -0.25) is 10.3 Å². The number of urea groups is 1. The van der Waals surface area contributed by atoms with Crippen molar-refractivity contribution in [2.24, 2.45) is 15.9 Å². The summed E-state index contributed by atoms with van der Waals surface area (Å²) in [6, 6.07) is -0.444. The minimum atomic E-state index is -4.60. The van der Waals surface area contributed by atoms with Crippen LogP contribution in [0.15, 0.2) is 26.2 Å². The molecule has 5 rings (SSSR count). The number of ether oxygens (including phenoxy) is 2. The maximum absolute atomic E-state index is 13.7. The number of carbonyl (C=O) groups is 1. The zero-order valence-electron chi connectivity index (χ0n) is 22.8. The van der Waals surface area contributed by atoms with Crippen LogP contribution in [0.5, 0.6) is 0 Å². The minimum Gasteiger partial charge on any atom is -0.477 e. The van der Waals surface area contributed by atoms with Crippen molar-refractivity contribution in [1.29, 1.82) is 0 Å². The standard InChI is InChI=1S/C26H30F3N7O4S/c1-4-30-25(37)33-20-10-18(24-34-21(13(2)41-24)26(27,28)29)19(12-31-20)17-9-15(22-36-35-14(3)39-22)11-32-23(17)40-16-5-7-38-8-6-16/h11,16-17H,4-10,12H2,1-3H3,(H2,30,31,33,37). The molecule has 220 valence electrons. The molecule has 3 aliphatic heterocycles. The fraction of sp³-hybridized carbons (Fsp3) is 0.538. The Kier molecular flexibility index (Phi) is 8.54. The van der Waals surface area contributed by atoms with Crippen LogP contribution < -0.4 is 10.6 Å². The maximum Gasteiger partial charge on any atom is 0.434 e. The van der Waals surface area contributed by atoms with E-state index in [1.807, 2.05) is 0 Å². The molecule has 2 aromatic heterocycles. The summed E-state index contributed by atoms with van der Waals surface area (Å²) >= 11 is 0.959. The largest absolute Gasteiger partial charge is 0.477 e. The average molecular weight is 594 g/mol. The molecule has 3 aliphatic rings. The van der Waals surface area contributed by atoms with E-state index in [0.717, 1.165) is 11.3 Å². The maximum atomic E-state index is 13.7. The summed E-state index contributed by atoms with van der Waals surface area (Å²) in [5.74, 6) is 0.995. The first-order valence-electron chi connectivity index (χ1n) is 13.3. The number of nitrogens with zero attached hydrogens (tertiary/aromatic N) is 5. The number of thiazole rings is 1. The number of allylic oxidation sites excluding steroid dienone is 1. The molecule has 0 bridgehead atoms. The number of dihydropyridines is 1. The van der Waals surface area contributed by atoms with Crippen molar-refractivity contribution in [1.82, 2.24) is 25.8 Å². The van der Waals surface area contributed by atoms with Crippen LogP contribution in [0.25, 0.3) is 11.1 Å². The molecule has 0 aliphatic carbocycles. The topological polar surface area (TPSA) is 136 Å². The summed E-state index contributed by atoms with van der Waals surface area (Å²) in [7, 11) is 0. The quantitative estimate of drug-likeness (QED) is 0.513. The number of aromatic nitrogens is 3. The van der Waals surface area contributed by atoms with E-state index in [-0.39, 0.29) is 29.0 Å². The Balaban J connectivity index is 1.55. The molecule has 1 saturated heterocycles. The van der Waals surface area contributed by atoms with Crippen molar-refractivity contribution < 1.29 is 31.9 Å². The number of amidine groups is 1. The van der Waals surface area contributed by atoms with Gasteiger partial charge < -0.3 is 19.2 Å². The number of nitrogens with one attached hydrogen (secondary N) is 2. The molecule has 2 amide bonds. The highest BCUT2D eigenvalue weighted by atomic mass is 32.1. The van der Waals surface area contributed by atoms with Crippen LogP contribution in [0.4, 0.5) is 18.0 Å². The van der Waals surface area contributed by atoms with E-state index in [2.05, 4.69) is 35.8 Å². The first kappa shape index (κ1) is 28.9. The minimum absolute atomic E-state index is 0.0537. The third-order valence-corrected chi connectivity index (χ3v) is 7.87. The first-order valence-corrected chi connectivity index (χ1v) is 14.1. The van der Waals surface area contributed by atoms with Crippen LogP contribution >= 0.6 is 11.3 Å². The van der Waals surface area contributed by atoms with Gasteiger partial charge in [0.25, 0.3) is 0 Å². The molecule has 0 spiro atoms. The number of rotatable bonds is 5. The van der Waals surface area contributed by atoms with Crippen LogP contribution in [0.3, 0.4) is 0 Å². The molecule has 1 atom stereocenters. The summed E-state index contributed by atoms with van der Waals surface area (Å²) in [5, 5.41) is 13.6. The Bertz CT molecular complexity index is 1420. The van der Waals surface area contributed by atoms with E-state index in [0.29, 0.717) is 79.3 Å². The fourth-order valence-electron chi connectivity index (χ4n) is 4.86. The number of hydrogen-bond acceptors (Lipinski definition) is 10. The molecule has 1 unspecified atom stereocenters. The lowest BCUT2D eigenvalue weighted by Crippen LogP contribution is -2.41. The summed E-state index contributed by atoms with van der Waals surface area (Å²) < 4.78 is 58.7. The Morgan fingerprint density at radius 2 is 2.00 bits per heavy atom. The number of aryl methyl sites for hydroxylation is 2. The van der Waals surface area contributed by atoms with Gasteiger partial charge in [0.15, 0.2) is 11.6 Å². The molecule has 0 saturated carbocycles. The number of hydrogen-bond donors (Lipinski definition) is 2. The third kappa shape index (κ3) is 6.67. The molecule has 11 nitrogen and oxygen atoms in total. The molecule has 2 N–H and O–H groups in total. The lowest BCUT2D eigenvalue weighted by Gasteiger charge is -2.32. The van der Waals surface area contributed by atoms with Crippen LogP contribution in [-0.4, -0.2) is 65.4 Å². The van der Waals surface area contributed by atoms with Crippen molar-refractivity contribution in [2.75, 3.05) is 26.3 Å². The molecular formula is C26H30F3N7O4S. The Hall–Kier alpha value is -3.59. The number of amides is 2. The van der Waals surface area contributed by atoms with E-state index in [9.17, 15) is 18.0 Å². The van der Waals surface area contributed by atoms with Crippen molar-refractivity contribution in [3.05, 3.63) is 39.1 Å². The predicted octanol–water partition coefficient (Wildman–Crippen LogP) is 4.69. The molecule has 41 heavy (non-hydrogen) atoms. The highest BCUT2D eigenvalue weighted by molar-refractivity contribution is 7.12. The van der Waals surface area contributed by atoms with E-state index in [4.69, 9.17) is 13.9 Å². The number of alkyl halides is 3. The second-order valence-corrected chi connectivity index (χ2v) is 11.0. The van der Waals surface area contributed by atoms with Gasteiger partial charge in [-0.25, -0.2) is 14.8 Å². The van der Waals surface area contributed by atoms with E-state index >= 15 is 0 Å². The Morgan fingerprint density at radius 1 is 1.22 bits per heavy atom. The van der Waals surface area contributed by atoms with E-state index in [1.165, 1.54) is 6.92 Å². The summed E-state index contributed by atoms with van der Waals surface area (Å²) in [5.41, 5.74) is 1.000. The van der Waals surface area contributed by atoms with Gasteiger partial charge in [0.05, 0.1) is 25.7 Å². The SMILES string of the molecule is CCNC(=O)NC1=NCC(C2CC(c3nnc(C)o3)=CN=C2OC2CCOCC2)=C(c2nc(C(F)(F)F)c(C)s2)C1. The smallest absolute Gasteiger partial charge is 0.434 e. The molecule has 1 fully saturated rings. The summed E-state index contributed by atoms with van der Waals surface area (Å²) in [6.45, 7) is 6.50.